The molecule has 0 aromatic carbocycles. The zero-order chi connectivity index (χ0) is 18.5. The fraction of sp³-hybridized carbons (Fsp3) is 0.684. The Morgan fingerprint density at radius 2 is 2.00 bits per heavy atom. The van der Waals surface area contributed by atoms with Gasteiger partial charge in [0.05, 0.1) is 11.5 Å². The van der Waals surface area contributed by atoms with Crippen LogP contribution in [0.5, 0.6) is 0 Å². The number of rotatable bonds is 5. The molecule has 2 fully saturated rings. The Morgan fingerprint density at radius 1 is 1.23 bits per heavy atom. The minimum absolute atomic E-state index is 0.150. The van der Waals surface area contributed by atoms with Crippen LogP contribution in [0.1, 0.15) is 41.9 Å². The fourth-order valence-electron chi connectivity index (χ4n) is 3.86. The number of amides is 1. The molecule has 0 N–H and O–H groups in total. The lowest BCUT2D eigenvalue weighted by Crippen LogP contribution is -2.55. The smallest absolute Gasteiger partial charge is 0.409 e. The van der Waals surface area contributed by atoms with E-state index in [1.54, 1.807) is 18.3 Å². The fourth-order valence-corrected chi connectivity index (χ4v) is 4.66. The molecule has 1 amide bonds. The standard InChI is InChI=1S/C19H29N3O3S/c1-3-25-19(24)22-9-7-21(8-10-22)17-5-4-6-20(13-17)12-16-11-18(15(2)23)26-14-16/h11,14,17H,3-10,12-13H2,1-2H3/t17-/m0/s1. The van der Waals surface area contributed by atoms with Crippen LogP contribution in [0, 0.1) is 0 Å². The van der Waals surface area contributed by atoms with Crippen molar-refractivity contribution in [2.75, 3.05) is 45.9 Å². The van der Waals surface area contributed by atoms with Crippen molar-refractivity contribution >= 4 is 23.2 Å². The number of hydrogen-bond acceptors (Lipinski definition) is 6. The van der Waals surface area contributed by atoms with Crippen molar-refractivity contribution in [1.82, 2.24) is 14.7 Å². The molecule has 1 atom stereocenters. The van der Waals surface area contributed by atoms with Crippen LogP contribution in [-0.2, 0) is 11.3 Å². The van der Waals surface area contributed by atoms with E-state index in [-0.39, 0.29) is 11.9 Å². The molecule has 0 unspecified atom stereocenters. The summed E-state index contributed by atoms with van der Waals surface area (Å²) in [4.78, 5) is 31.0. The van der Waals surface area contributed by atoms with Crippen LogP contribution in [0.3, 0.4) is 0 Å². The maximum Gasteiger partial charge on any atom is 0.409 e. The van der Waals surface area contributed by atoms with Crippen LogP contribution in [0.2, 0.25) is 0 Å². The summed E-state index contributed by atoms with van der Waals surface area (Å²) in [5.41, 5.74) is 1.24. The second kappa shape index (κ2) is 8.97. The highest BCUT2D eigenvalue weighted by atomic mass is 32.1. The van der Waals surface area contributed by atoms with Crippen molar-refractivity contribution in [2.24, 2.45) is 0 Å². The molecule has 0 saturated carbocycles. The molecule has 2 aliphatic heterocycles. The van der Waals surface area contributed by atoms with Crippen LogP contribution in [0.4, 0.5) is 4.79 Å². The highest BCUT2D eigenvalue weighted by Crippen LogP contribution is 2.22. The van der Waals surface area contributed by atoms with Crippen molar-refractivity contribution in [3.63, 3.8) is 0 Å². The molecule has 0 spiro atoms. The summed E-state index contributed by atoms with van der Waals surface area (Å²) in [6.07, 6.45) is 2.24. The maximum absolute atomic E-state index is 11.8. The molecule has 0 aliphatic carbocycles. The highest BCUT2D eigenvalue weighted by molar-refractivity contribution is 7.12. The molecule has 1 aromatic heterocycles. The molecule has 2 saturated heterocycles. The zero-order valence-corrected chi connectivity index (χ0v) is 16.6. The van der Waals surface area contributed by atoms with E-state index in [1.165, 1.54) is 18.4 Å². The van der Waals surface area contributed by atoms with E-state index in [9.17, 15) is 9.59 Å². The van der Waals surface area contributed by atoms with Crippen LogP contribution in [-0.4, -0.2) is 78.5 Å². The predicted molar refractivity (Wildman–Crippen MR) is 103 cm³/mol. The van der Waals surface area contributed by atoms with Crippen LogP contribution in [0.15, 0.2) is 11.4 Å². The molecule has 0 bridgehead atoms. The summed E-state index contributed by atoms with van der Waals surface area (Å²) in [6, 6.07) is 2.59. The highest BCUT2D eigenvalue weighted by Gasteiger charge is 2.29. The molecule has 26 heavy (non-hydrogen) atoms. The van der Waals surface area contributed by atoms with Crippen molar-refractivity contribution in [2.45, 2.75) is 39.3 Å². The topological polar surface area (TPSA) is 53.1 Å². The Balaban J connectivity index is 1.49. The lowest BCUT2D eigenvalue weighted by atomic mass is 10.0. The van der Waals surface area contributed by atoms with Gasteiger partial charge < -0.3 is 9.64 Å². The molecule has 7 heteroatoms. The van der Waals surface area contributed by atoms with Gasteiger partial charge in [0.1, 0.15) is 0 Å². The Labute approximate surface area is 159 Å². The number of likely N-dealkylation sites (tertiary alicyclic amines) is 1. The number of Topliss-reactive ketones (excluding diaryl/α,β-unsaturated/α-hetero) is 1. The van der Waals surface area contributed by atoms with Crippen LogP contribution >= 0.6 is 11.3 Å². The van der Waals surface area contributed by atoms with Crippen molar-refractivity contribution in [3.05, 3.63) is 21.9 Å². The molecule has 3 heterocycles. The van der Waals surface area contributed by atoms with Gasteiger partial charge in [-0.15, -0.1) is 11.3 Å². The zero-order valence-electron chi connectivity index (χ0n) is 15.8. The number of hydrogen-bond donors (Lipinski definition) is 0. The Hall–Kier alpha value is -1.44. The summed E-state index contributed by atoms with van der Waals surface area (Å²) in [5, 5.41) is 2.11. The normalized spacial score (nSPS) is 22.4. The van der Waals surface area contributed by atoms with E-state index in [0.717, 1.165) is 50.7 Å². The summed E-state index contributed by atoms with van der Waals surface area (Å²) in [7, 11) is 0. The first-order valence-corrected chi connectivity index (χ1v) is 10.4. The molecule has 144 valence electrons. The molecular weight excluding hydrogens is 350 g/mol. The maximum atomic E-state index is 11.8. The van der Waals surface area contributed by atoms with Gasteiger partial charge in [-0.2, -0.15) is 0 Å². The molecule has 0 radical (unpaired) electrons. The predicted octanol–water partition coefficient (Wildman–Crippen LogP) is 2.69. The van der Waals surface area contributed by atoms with Gasteiger partial charge in [-0.3, -0.25) is 14.6 Å². The van der Waals surface area contributed by atoms with Crippen LogP contribution < -0.4 is 0 Å². The lowest BCUT2D eigenvalue weighted by Gasteiger charge is -2.43. The van der Waals surface area contributed by atoms with Gasteiger partial charge >= 0.3 is 6.09 Å². The largest absolute Gasteiger partial charge is 0.450 e. The van der Waals surface area contributed by atoms with E-state index in [0.29, 0.717) is 12.6 Å². The average molecular weight is 380 g/mol. The number of thiophene rings is 1. The number of carbonyl (C=O) groups is 2. The molecule has 1 aromatic rings. The van der Waals surface area contributed by atoms with Crippen LogP contribution in [0.25, 0.3) is 0 Å². The van der Waals surface area contributed by atoms with Crippen molar-refractivity contribution in [3.8, 4) is 0 Å². The summed E-state index contributed by atoms with van der Waals surface area (Å²) in [6.45, 7) is 10.3. The van der Waals surface area contributed by atoms with E-state index in [1.807, 2.05) is 17.9 Å². The number of nitrogens with zero attached hydrogens (tertiary/aromatic N) is 3. The Bertz CT molecular complexity index is 625. The van der Waals surface area contributed by atoms with Gasteiger partial charge in [-0.25, -0.2) is 4.79 Å². The van der Waals surface area contributed by atoms with E-state index in [2.05, 4.69) is 15.2 Å². The second-order valence-corrected chi connectivity index (χ2v) is 8.04. The summed E-state index contributed by atoms with van der Waals surface area (Å²) >= 11 is 1.55. The monoisotopic (exact) mass is 379 g/mol. The molecule has 3 rings (SSSR count). The Kier molecular flexibility index (Phi) is 6.67. The minimum Gasteiger partial charge on any atom is -0.450 e. The lowest BCUT2D eigenvalue weighted by molar-refractivity contribution is 0.0413. The first-order valence-electron chi connectivity index (χ1n) is 9.53. The number of ketones is 1. The summed E-state index contributed by atoms with van der Waals surface area (Å²) < 4.78 is 5.10. The first kappa shape index (κ1) is 19.3. The van der Waals surface area contributed by atoms with Crippen molar-refractivity contribution < 1.29 is 14.3 Å². The van der Waals surface area contributed by atoms with Gasteiger partial charge in [-0.05, 0) is 50.2 Å². The molecule has 2 aliphatic rings. The third kappa shape index (κ3) is 4.84. The number of piperidine rings is 1. The van der Waals surface area contributed by atoms with Gasteiger partial charge in [-0.1, -0.05) is 0 Å². The number of piperazine rings is 1. The van der Waals surface area contributed by atoms with Gasteiger partial charge in [0.25, 0.3) is 0 Å². The average Bonchev–Trinajstić information content (AvgIpc) is 3.11. The van der Waals surface area contributed by atoms with E-state index >= 15 is 0 Å². The van der Waals surface area contributed by atoms with Gasteiger partial charge in [0.2, 0.25) is 0 Å². The van der Waals surface area contributed by atoms with E-state index in [4.69, 9.17) is 4.74 Å². The quantitative estimate of drug-likeness (QED) is 0.737. The van der Waals surface area contributed by atoms with E-state index < -0.39 is 0 Å². The third-order valence-electron chi connectivity index (χ3n) is 5.24. The van der Waals surface area contributed by atoms with Gasteiger partial charge in [0.15, 0.2) is 5.78 Å². The Morgan fingerprint density at radius 3 is 2.65 bits per heavy atom. The van der Waals surface area contributed by atoms with Crippen molar-refractivity contribution in [1.29, 1.82) is 0 Å². The first-order chi connectivity index (χ1) is 12.6. The number of carbonyl (C=O) groups excluding carboxylic acids is 2. The summed E-state index contributed by atoms with van der Waals surface area (Å²) in [5.74, 6) is 0.150. The molecule has 6 nitrogen and oxygen atoms in total. The third-order valence-corrected chi connectivity index (χ3v) is 6.32. The minimum atomic E-state index is -0.184. The van der Waals surface area contributed by atoms with Gasteiger partial charge in [0, 0.05) is 45.3 Å². The molecular formula is C19H29N3O3S. The SMILES string of the molecule is CCOC(=O)N1CCN([C@H]2CCCN(Cc3csc(C(C)=O)c3)C2)CC1. The second-order valence-electron chi connectivity index (χ2n) is 7.13. The number of ether oxygens (including phenoxy) is 1.